The predicted octanol–water partition coefficient (Wildman–Crippen LogP) is 3.30. The maximum atomic E-state index is 9.04. The molecule has 2 rings (SSSR count). The fourth-order valence-corrected chi connectivity index (χ4v) is 1.88. The van der Waals surface area contributed by atoms with E-state index in [9.17, 15) is 0 Å². The van der Waals surface area contributed by atoms with Crippen molar-refractivity contribution in [3.8, 4) is 17.7 Å². The number of methoxy groups -OCH3 is 1. The van der Waals surface area contributed by atoms with E-state index in [-0.39, 0.29) is 6.61 Å². The van der Waals surface area contributed by atoms with Crippen molar-refractivity contribution in [1.29, 1.82) is 5.26 Å². The number of nitriles is 1. The van der Waals surface area contributed by atoms with Crippen molar-refractivity contribution in [2.24, 2.45) is 0 Å². The number of rotatable bonds is 4. The third-order valence-corrected chi connectivity index (χ3v) is 2.92. The van der Waals surface area contributed by atoms with E-state index in [1.807, 2.05) is 18.2 Å². The first-order valence-corrected chi connectivity index (χ1v) is 6.34. The van der Waals surface area contributed by atoms with E-state index in [2.05, 4.69) is 27.0 Å². The van der Waals surface area contributed by atoms with Crippen molar-refractivity contribution >= 4 is 15.9 Å². The first kappa shape index (κ1) is 13.4. The summed E-state index contributed by atoms with van der Waals surface area (Å²) in [5.41, 5.74) is 1.23. The molecular weight excluding hydrogens is 308 g/mol. The van der Waals surface area contributed by atoms with Gasteiger partial charge in [-0.25, -0.2) is 4.98 Å². The van der Waals surface area contributed by atoms with Gasteiger partial charge in [-0.3, -0.25) is 0 Å². The van der Waals surface area contributed by atoms with Gasteiger partial charge in [-0.15, -0.1) is 0 Å². The molecule has 0 bridgehead atoms. The molecule has 0 unspecified atom stereocenters. The number of aromatic nitrogens is 1. The summed E-state index contributed by atoms with van der Waals surface area (Å²) in [5, 5.41) is 9.04. The molecule has 0 saturated carbocycles. The van der Waals surface area contributed by atoms with Gasteiger partial charge in [-0.05, 0) is 24.3 Å². The topological polar surface area (TPSA) is 55.1 Å². The van der Waals surface area contributed by atoms with Crippen LogP contribution >= 0.6 is 15.9 Å². The molecule has 4 nitrogen and oxygen atoms in total. The molecular formula is C14H11BrN2O2. The summed E-state index contributed by atoms with van der Waals surface area (Å²) < 4.78 is 11.5. The van der Waals surface area contributed by atoms with E-state index < -0.39 is 0 Å². The lowest BCUT2D eigenvalue weighted by molar-refractivity contribution is 0.297. The number of hydrogen-bond acceptors (Lipinski definition) is 4. The number of ether oxygens (including phenoxy) is 2. The van der Waals surface area contributed by atoms with Gasteiger partial charge in [0.1, 0.15) is 18.4 Å². The van der Waals surface area contributed by atoms with Crippen LogP contribution in [0.25, 0.3) is 0 Å². The Morgan fingerprint density at radius 1 is 1.32 bits per heavy atom. The molecule has 1 heterocycles. The summed E-state index contributed by atoms with van der Waals surface area (Å²) in [6.07, 6.45) is 0. The predicted molar refractivity (Wildman–Crippen MR) is 74.0 cm³/mol. The highest BCUT2D eigenvalue weighted by Crippen LogP contribution is 2.23. The van der Waals surface area contributed by atoms with Crippen molar-refractivity contribution in [1.82, 2.24) is 4.98 Å². The van der Waals surface area contributed by atoms with Crippen LogP contribution in [-0.2, 0) is 6.61 Å². The Hall–Kier alpha value is -2.06. The zero-order valence-electron chi connectivity index (χ0n) is 10.3. The van der Waals surface area contributed by atoms with E-state index in [0.29, 0.717) is 17.2 Å². The normalized spacial score (nSPS) is 9.74. The smallest absolute Gasteiger partial charge is 0.213 e. The monoisotopic (exact) mass is 318 g/mol. The van der Waals surface area contributed by atoms with E-state index in [0.717, 1.165) is 10.2 Å². The second-order valence-electron chi connectivity index (χ2n) is 3.71. The van der Waals surface area contributed by atoms with Crippen LogP contribution in [0, 0.1) is 11.3 Å². The van der Waals surface area contributed by atoms with Crippen molar-refractivity contribution in [3.63, 3.8) is 0 Å². The van der Waals surface area contributed by atoms with Gasteiger partial charge in [0.2, 0.25) is 5.88 Å². The molecule has 1 aromatic heterocycles. The molecule has 0 aliphatic rings. The number of benzene rings is 1. The molecule has 0 atom stereocenters. The van der Waals surface area contributed by atoms with Crippen LogP contribution < -0.4 is 9.47 Å². The summed E-state index contributed by atoms with van der Waals surface area (Å²) in [6, 6.07) is 12.8. The summed E-state index contributed by atoms with van der Waals surface area (Å²) in [7, 11) is 1.56. The molecule has 0 aliphatic carbocycles. The van der Waals surface area contributed by atoms with Crippen molar-refractivity contribution in [2.75, 3.05) is 7.11 Å². The molecule has 0 radical (unpaired) electrons. The Labute approximate surface area is 119 Å². The van der Waals surface area contributed by atoms with Gasteiger partial charge in [-0.2, -0.15) is 5.26 Å². The lowest BCUT2D eigenvalue weighted by Gasteiger charge is -2.08. The maximum Gasteiger partial charge on any atom is 0.213 e. The first-order chi connectivity index (χ1) is 9.22. The van der Waals surface area contributed by atoms with Crippen LogP contribution in [0.3, 0.4) is 0 Å². The summed E-state index contributed by atoms with van der Waals surface area (Å²) in [5.74, 6) is 1.08. The van der Waals surface area contributed by atoms with E-state index in [1.54, 1.807) is 25.3 Å². The van der Waals surface area contributed by atoms with Crippen molar-refractivity contribution < 1.29 is 9.47 Å². The van der Waals surface area contributed by atoms with Crippen LogP contribution in [0.1, 0.15) is 11.3 Å². The molecule has 0 fully saturated rings. The Balaban J connectivity index is 2.12. The van der Waals surface area contributed by atoms with E-state index in [1.165, 1.54) is 0 Å². The molecule has 0 N–H and O–H groups in total. The molecule has 0 amide bonds. The molecule has 2 aromatic rings. The van der Waals surface area contributed by atoms with E-state index in [4.69, 9.17) is 14.7 Å². The van der Waals surface area contributed by atoms with Gasteiger partial charge in [-0.1, -0.05) is 22.0 Å². The Morgan fingerprint density at radius 3 is 2.89 bits per heavy atom. The molecule has 5 heteroatoms. The molecule has 0 saturated heterocycles. The van der Waals surface area contributed by atoms with Gasteiger partial charge in [0, 0.05) is 10.5 Å². The largest absolute Gasteiger partial charge is 0.486 e. The average Bonchev–Trinajstić information content (AvgIpc) is 2.46. The zero-order valence-corrected chi connectivity index (χ0v) is 11.8. The summed E-state index contributed by atoms with van der Waals surface area (Å²) in [6.45, 7) is 0.285. The second-order valence-corrected chi connectivity index (χ2v) is 4.63. The molecule has 19 heavy (non-hydrogen) atoms. The highest BCUT2D eigenvalue weighted by Gasteiger charge is 2.05. The molecule has 1 aromatic carbocycles. The molecule has 0 aliphatic heterocycles. The van der Waals surface area contributed by atoms with E-state index >= 15 is 0 Å². The van der Waals surface area contributed by atoms with Gasteiger partial charge in [0.05, 0.1) is 18.4 Å². The highest BCUT2D eigenvalue weighted by atomic mass is 79.9. The van der Waals surface area contributed by atoms with Crippen LogP contribution in [0.4, 0.5) is 0 Å². The maximum absolute atomic E-state index is 9.04. The fourth-order valence-electron chi connectivity index (χ4n) is 1.52. The van der Waals surface area contributed by atoms with Crippen molar-refractivity contribution in [3.05, 3.63) is 52.1 Å². The number of pyridine rings is 1. The van der Waals surface area contributed by atoms with Gasteiger partial charge in [0.15, 0.2) is 0 Å². The van der Waals surface area contributed by atoms with Crippen LogP contribution in [-0.4, -0.2) is 12.1 Å². The van der Waals surface area contributed by atoms with Crippen LogP contribution in [0.15, 0.2) is 40.9 Å². The molecule has 0 spiro atoms. The quantitative estimate of drug-likeness (QED) is 0.867. The number of hydrogen-bond donors (Lipinski definition) is 0. The SMILES string of the molecule is COc1cccc(COc2ccc(Br)cc2C#N)n1. The first-order valence-electron chi connectivity index (χ1n) is 5.55. The van der Waals surface area contributed by atoms with Crippen LogP contribution in [0.2, 0.25) is 0 Å². The van der Waals surface area contributed by atoms with Gasteiger partial charge in [0.25, 0.3) is 0 Å². The highest BCUT2D eigenvalue weighted by molar-refractivity contribution is 9.10. The minimum Gasteiger partial charge on any atom is -0.486 e. The summed E-state index contributed by atoms with van der Waals surface area (Å²) in [4.78, 5) is 4.24. The van der Waals surface area contributed by atoms with Gasteiger partial charge >= 0.3 is 0 Å². The number of nitrogens with zero attached hydrogens (tertiary/aromatic N) is 2. The third-order valence-electron chi connectivity index (χ3n) is 2.43. The Kier molecular flexibility index (Phi) is 4.37. The second kappa shape index (κ2) is 6.21. The Morgan fingerprint density at radius 2 is 2.16 bits per heavy atom. The number of halogens is 1. The van der Waals surface area contributed by atoms with Gasteiger partial charge < -0.3 is 9.47 Å². The standard InChI is InChI=1S/C14H11BrN2O2/c1-18-14-4-2-3-12(17-14)9-19-13-6-5-11(15)7-10(13)8-16/h2-7H,9H2,1H3. The zero-order chi connectivity index (χ0) is 13.7. The summed E-state index contributed by atoms with van der Waals surface area (Å²) >= 11 is 3.32. The van der Waals surface area contributed by atoms with Crippen molar-refractivity contribution in [2.45, 2.75) is 6.61 Å². The minimum atomic E-state index is 0.285. The molecule has 96 valence electrons. The fraction of sp³-hybridized carbons (Fsp3) is 0.143. The lowest BCUT2D eigenvalue weighted by atomic mass is 10.2. The Bertz CT molecular complexity index is 623. The minimum absolute atomic E-state index is 0.285. The average molecular weight is 319 g/mol. The third kappa shape index (κ3) is 3.46. The van der Waals surface area contributed by atoms with Crippen LogP contribution in [0.5, 0.6) is 11.6 Å². The lowest BCUT2D eigenvalue weighted by Crippen LogP contribution is -2.00.